The summed E-state index contributed by atoms with van der Waals surface area (Å²) >= 11 is 0. The van der Waals surface area contributed by atoms with Gasteiger partial charge in [0.05, 0.1) is 0 Å². The predicted molar refractivity (Wildman–Crippen MR) is 69.8 cm³/mol. The Morgan fingerprint density at radius 1 is 0.938 bits per heavy atom. The number of rotatable bonds is 3. The summed E-state index contributed by atoms with van der Waals surface area (Å²) in [6.07, 6.45) is 11.5. The molecule has 0 aromatic heterocycles. The highest BCUT2D eigenvalue weighted by atomic mass is 15.2. The lowest BCUT2D eigenvalue weighted by Crippen LogP contribution is -2.47. The first-order chi connectivity index (χ1) is 7.92. The van der Waals surface area contributed by atoms with E-state index in [4.69, 9.17) is 0 Å². The molecule has 2 heteroatoms. The van der Waals surface area contributed by atoms with Gasteiger partial charge in [-0.05, 0) is 45.3 Å². The van der Waals surface area contributed by atoms with E-state index in [2.05, 4.69) is 17.1 Å². The summed E-state index contributed by atoms with van der Waals surface area (Å²) in [4.78, 5) is 2.79. The van der Waals surface area contributed by atoms with Gasteiger partial charge in [-0.2, -0.15) is 0 Å². The van der Waals surface area contributed by atoms with Crippen molar-refractivity contribution in [2.45, 2.75) is 70.4 Å². The van der Waals surface area contributed by atoms with Crippen LogP contribution in [0.3, 0.4) is 0 Å². The second-order valence-electron chi connectivity index (χ2n) is 5.47. The molecule has 0 aromatic rings. The monoisotopic (exact) mass is 224 g/mol. The van der Waals surface area contributed by atoms with E-state index in [1.54, 1.807) is 0 Å². The minimum absolute atomic E-state index is 0.782. The smallest absolute Gasteiger partial charge is 0.0249 e. The van der Waals surface area contributed by atoms with Crippen LogP contribution >= 0.6 is 0 Å². The van der Waals surface area contributed by atoms with Gasteiger partial charge in [-0.3, -0.25) is 4.90 Å². The minimum atomic E-state index is 0.782. The maximum Gasteiger partial charge on any atom is 0.0249 e. The predicted octanol–water partition coefficient (Wildman–Crippen LogP) is 2.78. The van der Waals surface area contributed by atoms with Crippen molar-refractivity contribution in [1.29, 1.82) is 0 Å². The number of hydrogen-bond donors (Lipinski definition) is 1. The normalized spacial score (nSPS) is 33.6. The molecule has 1 aliphatic heterocycles. The molecule has 16 heavy (non-hydrogen) atoms. The molecule has 1 saturated heterocycles. The summed E-state index contributed by atoms with van der Waals surface area (Å²) in [6, 6.07) is 1.63. The number of likely N-dealkylation sites (tertiary alicyclic amines) is 1. The molecule has 0 amide bonds. The van der Waals surface area contributed by atoms with Crippen molar-refractivity contribution in [3.63, 3.8) is 0 Å². The zero-order valence-corrected chi connectivity index (χ0v) is 10.9. The first kappa shape index (κ1) is 12.4. The molecule has 1 heterocycles. The van der Waals surface area contributed by atoms with Crippen LogP contribution in [0.4, 0.5) is 0 Å². The second-order valence-corrected chi connectivity index (χ2v) is 5.47. The summed E-state index contributed by atoms with van der Waals surface area (Å²) in [5.41, 5.74) is 0. The van der Waals surface area contributed by atoms with Crippen molar-refractivity contribution in [3.05, 3.63) is 0 Å². The highest BCUT2D eigenvalue weighted by Crippen LogP contribution is 2.26. The van der Waals surface area contributed by atoms with Gasteiger partial charge >= 0.3 is 0 Å². The van der Waals surface area contributed by atoms with Crippen LogP contribution in [-0.2, 0) is 0 Å². The van der Waals surface area contributed by atoms with Crippen molar-refractivity contribution in [3.8, 4) is 0 Å². The van der Waals surface area contributed by atoms with Crippen molar-refractivity contribution >= 4 is 0 Å². The average molecular weight is 224 g/mol. The Morgan fingerprint density at radius 3 is 2.31 bits per heavy atom. The van der Waals surface area contributed by atoms with E-state index in [0.717, 1.165) is 18.6 Å². The minimum Gasteiger partial charge on any atom is -0.313 e. The van der Waals surface area contributed by atoms with Crippen LogP contribution in [0, 0.1) is 0 Å². The molecule has 2 unspecified atom stereocenters. The summed E-state index contributed by atoms with van der Waals surface area (Å²) in [5.74, 6) is 0. The molecule has 2 rings (SSSR count). The molecular weight excluding hydrogens is 196 g/mol. The Morgan fingerprint density at radius 2 is 1.62 bits per heavy atom. The fourth-order valence-corrected chi connectivity index (χ4v) is 3.48. The molecule has 0 bridgehead atoms. The van der Waals surface area contributed by atoms with Gasteiger partial charge in [-0.1, -0.05) is 32.6 Å². The van der Waals surface area contributed by atoms with Crippen molar-refractivity contribution in [2.75, 3.05) is 19.6 Å². The Bertz CT molecular complexity index is 185. The van der Waals surface area contributed by atoms with Crippen LogP contribution in [0.25, 0.3) is 0 Å². The maximum absolute atomic E-state index is 3.69. The topological polar surface area (TPSA) is 15.3 Å². The fourth-order valence-electron chi connectivity index (χ4n) is 3.48. The van der Waals surface area contributed by atoms with E-state index in [1.807, 2.05) is 0 Å². The SMILES string of the molecule is CCNC1CCCC1N1CCCCCCC1. The average Bonchev–Trinajstić information content (AvgIpc) is 2.66. The Balaban J connectivity index is 1.87. The fraction of sp³-hybridized carbons (Fsp3) is 1.00. The Hall–Kier alpha value is -0.0800. The summed E-state index contributed by atoms with van der Waals surface area (Å²) in [6.45, 7) is 6.08. The molecule has 2 atom stereocenters. The van der Waals surface area contributed by atoms with E-state index in [0.29, 0.717) is 0 Å². The van der Waals surface area contributed by atoms with E-state index < -0.39 is 0 Å². The lowest BCUT2D eigenvalue weighted by Gasteiger charge is -2.34. The highest BCUT2D eigenvalue weighted by molar-refractivity contribution is 4.90. The van der Waals surface area contributed by atoms with Gasteiger partial charge in [0.2, 0.25) is 0 Å². The van der Waals surface area contributed by atoms with Crippen molar-refractivity contribution in [1.82, 2.24) is 10.2 Å². The lowest BCUT2D eigenvalue weighted by molar-refractivity contribution is 0.158. The van der Waals surface area contributed by atoms with Crippen LogP contribution in [-0.4, -0.2) is 36.6 Å². The molecule has 1 saturated carbocycles. The quantitative estimate of drug-likeness (QED) is 0.793. The van der Waals surface area contributed by atoms with Gasteiger partial charge in [0.25, 0.3) is 0 Å². The van der Waals surface area contributed by atoms with Crippen LogP contribution in [0.2, 0.25) is 0 Å². The van der Waals surface area contributed by atoms with Crippen LogP contribution < -0.4 is 5.32 Å². The molecule has 2 nitrogen and oxygen atoms in total. The van der Waals surface area contributed by atoms with Gasteiger partial charge in [0, 0.05) is 12.1 Å². The zero-order valence-electron chi connectivity index (χ0n) is 10.9. The summed E-state index contributed by atoms with van der Waals surface area (Å²) < 4.78 is 0. The van der Waals surface area contributed by atoms with Crippen molar-refractivity contribution in [2.24, 2.45) is 0 Å². The molecule has 94 valence electrons. The molecule has 1 aliphatic carbocycles. The Kier molecular flexibility index (Phi) is 5.11. The molecular formula is C14H28N2. The summed E-state index contributed by atoms with van der Waals surface area (Å²) in [5, 5.41) is 3.69. The van der Waals surface area contributed by atoms with Crippen LogP contribution in [0.15, 0.2) is 0 Å². The molecule has 2 fully saturated rings. The third kappa shape index (κ3) is 3.21. The number of likely N-dealkylation sites (N-methyl/N-ethyl adjacent to an activating group) is 1. The standard InChI is InChI=1S/C14H28N2/c1-2-15-13-9-8-10-14(13)16-11-6-4-3-5-7-12-16/h13-15H,2-12H2,1H3. The second kappa shape index (κ2) is 6.61. The first-order valence-corrected chi connectivity index (χ1v) is 7.39. The van der Waals surface area contributed by atoms with Gasteiger partial charge in [0.1, 0.15) is 0 Å². The molecule has 2 aliphatic rings. The third-order valence-corrected chi connectivity index (χ3v) is 4.31. The maximum atomic E-state index is 3.69. The lowest BCUT2D eigenvalue weighted by atomic mass is 10.0. The van der Waals surface area contributed by atoms with E-state index in [1.165, 1.54) is 64.5 Å². The van der Waals surface area contributed by atoms with E-state index in [9.17, 15) is 0 Å². The van der Waals surface area contributed by atoms with Gasteiger partial charge in [-0.15, -0.1) is 0 Å². The van der Waals surface area contributed by atoms with Crippen LogP contribution in [0.1, 0.15) is 58.3 Å². The number of nitrogens with one attached hydrogen (secondary N) is 1. The number of hydrogen-bond acceptors (Lipinski definition) is 2. The highest BCUT2D eigenvalue weighted by Gasteiger charge is 2.31. The molecule has 0 radical (unpaired) electrons. The molecule has 1 N–H and O–H groups in total. The third-order valence-electron chi connectivity index (χ3n) is 4.31. The first-order valence-electron chi connectivity index (χ1n) is 7.39. The molecule has 0 spiro atoms. The molecule has 0 aromatic carbocycles. The zero-order chi connectivity index (χ0) is 11.2. The van der Waals surface area contributed by atoms with E-state index >= 15 is 0 Å². The van der Waals surface area contributed by atoms with Crippen LogP contribution in [0.5, 0.6) is 0 Å². The van der Waals surface area contributed by atoms with E-state index in [-0.39, 0.29) is 0 Å². The Labute approximate surface area is 101 Å². The summed E-state index contributed by atoms with van der Waals surface area (Å²) in [7, 11) is 0. The van der Waals surface area contributed by atoms with Gasteiger partial charge in [-0.25, -0.2) is 0 Å². The van der Waals surface area contributed by atoms with Crippen molar-refractivity contribution < 1.29 is 0 Å². The largest absolute Gasteiger partial charge is 0.313 e. The van der Waals surface area contributed by atoms with Gasteiger partial charge < -0.3 is 5.32 Å². The number of nitrogens with zero attached hydrogens (tertiary/aromatic N) is 1. The van der Waals surface area contributed by atoms with Gasteiger partial charge in [0.15, 0.2) is 0 Å².